The molecular formula is C18H25NO3. The molecule has 1 saturated carbocycles. The summed E-state index contributed by atoms with van der Waals surface area (Å²) in [6, 6.07) is 4.09. The first-order valence-electron chi connectivity index (χ1n) is 8.25. The zero-order valence-electron chi connectivity index (χ0n) is 13.7. The molecule has 22 heavy (non-hydrogen) atoms. The minimum absolute atomic E-state index is 0.0694. The molecule has 0 radical (unpaired) electrons. The number of benzene rings is 1. The topological polar surface area (TPSA) is 38.8 Å². The second-order valence-electron chi connectivity index (χ2n) is 6.46. The summed E-state index contributed by atoms with van der Waals surface area (Å²) in [7, 11) is 3.58. The highest BCUT2D eigenvalue weighted by molar-refractivity contribution is 5.98. The number of hydrogen-bond donors (Lipinski definition) is 0. The number of nitrogens with zero attached hydrogens (tertiary/aromatic N) is 1. The van der Waals surface area contributed by atoms with Crippen molar-refractivity contribution in [3.8, 4) is 11.5 Å². The predicted molar refractivity (Wildman–Crippen MR) is 85.8 cm³/mol. The molecule has 1 aromatic carbocycles. The van der Waals surface area contributed by atoms with Gasteiger partial charge in [-0.1, -0.05) is 19.3 Å². The number of carbonyl (C=O) groups excluding carboxylic acids is 1. The van der Waals surface area contributed by atoms with E-state index in [2.05, 4.69) is 0 Å². The van der Waals surface area contributed by atoms with E-state index in [0.717, 1.165) is 36.3 Å². The molecule has 4 heteroatoms. The van der Waals surface area contributed by atoms with Crippen LogP contribution in [0.15, 0.2) is 12.1 Å². The highest BCUT2D eigenvalue weighted by Crippen LogP contribution is 2.39. The molecule has 120 valence electrons. The minimum Gasteiger partial charge on any atom is -0.496 e. The SMILES string of the molecule is COc1ccc(C(=O)N(C)C2CCCCC2)c2c1CC(C)O2. The maximum atomic E-state index is 12.9. The fourth-order valence-corrected chi connectivity index (χ4v) is 3.65. The Balaban J connectivity index is 1.88. The number of methoxy groups -OCH3 is 1. The summed E-state index contributed by atoms with van der Waals surface area (Å²) in [6.45, 7) is 2.03. The second-order valence-corrected chi connectivity index (χ2v) is 6.46. The van der Waals surface area contributed by atoms with Crippen LogP contribution < -0.4 is 9.47 Å². The number of ether oxygens (including phenoxy) is 2. The quantitative estimate of drug-likeness (QED) is 0.859. The first kappa shape index (κ1) is 15.2. The van der Waals surface area contributed by atoms with Gasteiger partial charge in [-0.3, -0.25) is 4.79 Å². The molecule has 4 nitrogen and oxygen atoms in total. The van der Waals surface area contributed by atoms with Gasteiger partial charge < -0.3 is 14.4 Å². The van der Waals surface area contributed by atoms with Crippen LogP contribution in [-0.2, 0) is 6.42 Å². The van der Waals surface area contributed by atoms with Crippen LogP contribution in [0, 0.1) is 0 Å². The van der Waals surface area contributed by atoms with E-state index in [-0.39, 0.29) is 12.0 Å². The Morgan fingerprint density at radius 1 is 1.27 bits per heavy atom. The Hall–Kier alpha value is -1.71. The van der Waals surface area contributed by atoms with Crippen LogP contribution >= 0.6 is 0 Å². The molecule has 0 aromatic heterocycles. The molecule has 0 bridgehead atoms. The van der Waals surface area contributed by atoms with Crippen molar-refractivity contribution in [2.75, 3.05) is 14.2 Å². The van der Waals surface area contributed by atoms with E-state index in [1.165, 1.54) is 19.3 Å². The van der Waals surface area contributed by atoms with Gasteiger partial charge in [0.2, 0.25) is 0 Å². The van der Waals surface area contributed by atoms with Crippen molar-refractivity contribution in [1.82, 2.24) is 4.90 Å². The Morgan fingerprint density at radius 2 is 2.00 bits per heavy atom. The summed E-state index contributed by atoms with van der Waals surface area (Å²) in [4.78, 5) is 14.8. The maximum Gasteiger partial charge on any atom is 0.257 e. The van der Waals surface area contributed by atoms with E-state index in [1.807, 2.05) is 31.0 Å². The average molecular weight is 303 g/mol. The first-order valence-corrected chi connectivity index (χ1v) is 8.25. The van der Waals surface area contributed by atoms with Gasteiger partial charge in [-0.05, 0) is 31.9 Å². The van der Waals surface area contributed by atoms with E-state index >= 15 is 0 Å². The van der Waals surface area contributed by atoms with Gasteiger partial charge >= 0.3 is 0 Å². The van der Waals surface area contributed by atoms with E-state index in [1.54, 1.807) is 7.11 Å². The second kappa shape index (κ2) is 6.19. The first-order chi connectivity index (χ1) is 10.6. The fraction of sp³-hybridized carbons (Fsp3) is 0.611. The molecule has 1 fully saturated rings. The highest BCUT2D eigenvalue weighted by atomic mass is 16.5. The van der Waals surface area contributed by atoms with Gasteiger partial charge in [-0.25, -0.2) is 0 Å². The van der Waals surface area contributed by atoms with E-state index in [0.29, 0.717) is 11.6 Å². The highest BCUT2D eigenvalue weighted by Gasteiger charge is 2.31. The lowest BCUT2D eigenvalue weighted by atomic mass is 9.94. The lowest BCUT2D eigenvalue weighted by Gasteiger charge is -2.31. The van der Waals surface area contributed by atoms with E-state index in [4.69, 9.17) is 9.47 Å². The van der Waals surface area contributed by atoms with Crippen LogP contribution in [0.4, 0.5) is 0 Å². The van der Waals surface area contributed by atoms with Gasteiger partial charge in [0.25, 0.3) is 5.91 Å². The third-order valence-electron chi connectivity index (χ3n) is 4.92. The number of carbonyl (C=O) groups is 1. The van der Waals surface area contributed by atoms with Crippen molar-refractivity contribution in [1.29, 1.82) is 0 Å². The number of hydrogen-bond acceptors (Lipinski definition) is 3. The van der Waals surface area contributed by atoms with Gasteiger partial charge in [0.05, 0.1) is 12.7 Å². The summed E-state index contributed by atoms with van der Waals surface area (Å²) in [5.41, 5.74) is 1.70. The zero-order chi connectivity index (χ0) is 15.7. The summed E-state index contributed by atoms with van der Waals surface area (Å²) in [5.74, 6) is 1.61. The molecule has 0 saturated heterocycles. The normalized spacial score (nSPS) is 21.1. The molecule has 1 aliphatic carbocycles. The van der Waals surface area contributed by atoms with Crippen molar-refractivity contribution in [2.24, 2.45) is 0 Å². The number of fused-ring (bicyclic) bond motifs is 1. The fourth-order valence-electron chi connectivity index (χ4n) is 3.65. The molecule has 0 spiro atoms. The Morgan fingerprint density at radius 3 is 2.68 bits per heavy atom. The van der Waals surface area contributed by atoms with Crippen LogP contribution in [0.2, 0.25) is 0 Å². The maximum absolute atomic E-state index is 12.9. The van der Waals surface area contributed by atoms with Crippen LogP contribution in [0.3, 0.4) is 0 Å². The molecular weight excluding hydrogens is 278 g/mol. The predicted octanol–water partition coefficient (Wildman–Crippen LogP) is 3.42. The van der Waals surface area contributed by atoms with E-state index < -0.39 is 0 Å². The molecule has 3 rings (SSSR count). The summed E-state index contributed by atoms with van der Waals surface area (Å²) >= 11 is 0. The van der Waals surface area contributed by atoms with Crippen molar-refractivity contribution in [3.63, 3.8) is 0 Å². The van der Waals surface area contributed by atoms with Crippen LogP contribution in [0.1, 0.15) is 54.9 Å². The third kappa shape index (κ3) is 2.67. The monoisotopic (exact) mass is 303 g/mol. The Kier molecular flexibility index (Phi) is 4.27. The van der Waals surface area contributed by atoms with Crippen LogP contribution in [0.25, 0.3) is 0 Å². The Labute approximate surface area is 132 Å². The molecule has 1 unspecified atom stereocenters. The summed E-state index contributed by atoms with van der Waals surface area (Å²) in [6.07, 6.45) is 6.84. The lowest BCUT2D eigenvalue weighted by molar-refractivity contribution is 0.0691. The standard InChI is InChI=1S/C18H25NO3/c1-12-11-15-16(21-3)10-9-14(17(15)22-12)18(20)19(2)13-7-5-4-6-8-13/h9-10,12-13H,4-8,11H2,1-3H3. The molecule has 1 heterocycles. The average Bonchev–Trinajstić information content (AvgIpc) is 2.94. The number of amides is 1. The molecule has 1 aliphatic heterocycles. The van der Waals surface area contributed by atoms with Crippen molar-refractivity contribution >= 4 is 5.91 Å². The van der Waals surface area contributed by atoms with Gasteiger partial charge in [0, 0.05) is 25.1 Å². The smallest absolute Gasteiger partial charge is 0.257 e. The largest absolute Gasteiger partial charge is 0.496 e. The van der Waals surface area contributed by atoms with Crippen molar-refractivity contribution < 1.29 is 14.3 Å². The van der Waals surface area contributed by atoms with Crippen molar-refractivity contribution in [3.05, 3.63) is 23.3 Å². The Bertz CT molecular complexity index is 564. The molecule has 1 atom stereocenters. The van der Waals surface area contributed by atoms with Gasteiger partial charge in [-0.2, -0.15) is 0 Å². The summed E-state index contributed by atoms with van der Waals surface area (Å²) < 4.78 is 11.3. The van der Waals surface area contributed by atoms with Gasteiger partial charge in [-0.15, -0.1) is 0 Å². The molecule has 2 aliphatic rings. The zero-order valence-corrected chi connectivity index (χ0v) is 13.7. The van der Waals surface area contributed by atoms with E-state index in [9.17, 15) is 4.79 Å². The van der Waals surface area contributed by atoms with Gasteiger partial charge in [0.1, 0.15) is 17.6 Å². The van der Waals surface area contributed by atoms with Crippen molar-refractivity contribution in [2.45, 2.75) is 57.6 Å². The van der Waals surface area contributed by atoms with Crippen LogP contribution in [-0.4, -0.2) is 37.1 Å². The minimum atomic E-state index is 0.0694. The van der Waals surface area contributed by atoms with Crippen LogP contribution in [0.5, 0.6) is 11.5 Å². The van der Waals surface area contributed by atoms with Gasteiger partial charge in [0.15, 0.2) is 0 Å². The molecule has 0 N–H and O–H groups in total. The lowest BCUT2D eigenvalue weighted by Crippen LogP contribution is -2.38. The third-order valence-corrected chi connectivity index (χ3v) is 4.92. The summed E-state index contributed by atoms with van der Waals surface area (Å²) in [5, 5.41) is 0. The molecule has 1 amide bonds. The molecule has 1 aromatic rings. The number of rotatable bonds is 3.